The van der Waals surface area contributed by atoms with Crippen LogP contribution in [0.25, 0.3) is 0 Å². The molecule has 1 aromatic carbocycles. The highest BCUT2D eigenvalue weighted by Gasteiger charge is 2.30. The van der Waals surface area contributed by atoms with Crippen molar-refractivity contribution in [3.63, 3.8) is 0 Å². The molecule has 1 aliphatic heterocycles. The Morgan fingerprint density at radius 1 is 1.07 bits per heavy atom. The molecule has 0 spiro atoms. The molecule has 150 valence electrons. The number of carbonyl (C=O) groups excluding carboxylic acids is 1. The number of aromatic nitrogens is 1. The molecule has 3 rings (SSSR count). The number of alkyl halides is 2. The van der Waals surface area contributed by atoms with Gasteiger partial charge in [-0.1, -0.05) is 0 Å². The van der Waals surface area contributed by atoms with Crippen LogP contribution in [0.1, 0.15) is 16.1 Å². The highest BCUT2D eigenvalue weighted by Crippen LogP contribution is 2.22. The number of benzene rings is 1. The molecule has 7 nitrogen and oxygen atoms in total. The molecular formula is C18H19F2N3O4S. The number of pyridine rings is 1. The third-order valence-corrected chi connectivity index (χ3v) is 6.28. The van der Waals surface area contributed by atoms with E-state index >= 15 is 0 Å². The number of carbonyl (C=O) groups is 1. The predicted octanol–water partition coefficient (Wildman–Crippen LogP) is 2.14. The van der Waals surface area contributed by atoms with Gasteiger partial charge in [0.15, 0.2) is 0 Å². The molecule has 0 N–H and O–H groups in total. The topological polar surface area (TPSA) is 79.8 Å². The lowest BCUT2D eigenvalue weighted by Gasteiger charge is -2.34. The molecule has 0 aliphatic carbocycles. The summed E-state index contributed by atoms with van der Waals surface area (Å²) in [7, 11) is -3.79. The average Bonchev–Trinajstić information content (AvgIpc) is 2.68. The van der Waals surface area contributed by atoms with Crippen molar-refractivity contribution in [1.82, 2.24) is 14.2 Å². The monoisotopic (exact) mass is 411 g/mol. The van der Waals surface area contributed by atoms with Crippen molar-refractivity contribution < 1.29 is 26.7 Å². The molecule has 2 heterocycles. The molecule has 1 fully saturated rings. The Labute approximate surface area is 161 Å². The van der Waals surface area contributed by atoms with Crippen LogP contribution in [0.5, 0.6) is 5.75 Å². The van der Waals surface area contributed by atoms with Gasteiger partial charge < -0.3 is 9.64 Å². The van der Waals surface area contributed by atoms with Crippen LogP contribution in [0.2, 0.25) is 0 Å². The van der Waals surface area contributed by atoms with Crippen LogP contribution < -0.4 is 4.74 Å². The minimum atomic E-state index is -3.79. The van der Waals surface area contributed by atoms with Gasteiger partial charge in [0.2, 0.25) is 10.0 Å². The van der Waals surface area contributed by atoms with E-state index in [0.29, 0.717) is 5.56 Å². The van der Waals surface area contributed by atoms with Crippen LogP contribution in [-0.4, -0.2) is 61.3 Å². The Morgan fingerprint density at radius 3 is 2.25 bits per heavy atom. The van der Waals surface area contributed by atoms with Crippen molar-refractivity contribution in [3.8, 4) is 5.75 Å². The summed E-state index contributed by atoms with van der Waals surface area (Å²) in [5.74, 6) is -0.311. The van der Waals surface area contributed by atoms with Crippen LogP contribution in [0.4, 0.5) is 8.78 Å². The first-order valence-electron chi connectivity index (χ1n) is 8.54. The molecule has 0 atom stereocenters. The molecule has 0 saturated carbocycles. The van der Waals surface area contributed by atoms with E-state index in [2.05, 4.69) is 9.72 Å². The Kier molecular flexibility index (Phi) is 5.90. The van der Waals surface area contributed by atoms with E-state index in [9.17, 15) is 22.0 Å². The van der Waals surface area contributed by atoms with Gasteiger partial charge in [0.25, 0.3) is 5.91 Å². The molecule has 1 aromatic heterocycles. The number of hydrogen-bond acceptors (Lipinski definition) is 5. The van der Waals surface area contributed by atoms with Gasteiger partial charge in [-0.25, -0.2) is 8.42 Å². The fraction of sp³-hybridized carbons (Fsp3) is 0.333. The number of amides is 1. The largest absolute Gasteiger partial charge is 0.435 e. The Balaban J connectivity index is 1.64. The predicted molar refractivity (Wildman–Crippen MR) is 96.7 cm³/mol. The lowest BCUT2D eigenvalue weighted by molar-refractivity contribution is -0.0498. The van der Waals surface area contributed by atoms with E-state index in [4.69, 9.17) is 0 Å². The number of ether oxygens (including phenoxy) is 1. The van der Waals surface area contributed by atoms with E-state index in [1.807, 2.05) is 6.92 Å². The van der Waals surface area contributed by atoms with Crippen LogP contribution in [-0.2, 0) is 10.0 Å². The molecule has 0 radical (unpaired) electrons. The maximum Gasteiger partial charge on any atom is 0.387 e. The van der Waals surface area contributed by atoms with Gasteiger partial charge >= 0.3 is 6.61 Å². The first kappa shape index (κ1) is 20.2. The quantitative estimate of drug-likeness (QED) is 0.753. The fourth-order valence-electron chi connectivity index (χ4n) is 2.85. The number of aryl methyl sites for hydroxylation is 1. The van der Waals surface area contributed by atoms with Gasteiger partial charge in [0, 0.05) is 38.1 Å². The summed E-state index contributed by atoms with van der Waals surface area (Å²) in [6.45, 7) is -0.372. The maximum atomic E-state index is 12.7. The number of piperazine rings is 1. The lowest BCUT2D eigenvalue weighted by Crippen LogP contribution is -2.50. The minimum Gasteiger partial charge on any atom is -0.435 e. The van der Waals surface area contributed by atoms with Gasteiger partial charge in [0.1, 0.15) is 5.75 Å². The summed E-state index contributed by atoms with van der Waals surface area (Å²) < 4.78 is 55.4. The van der Waals surface area contributed by atoms with E-state index in [1.54, 1.807) is 17.0 Å². The van der Waals surface area contributed by atoms with Crippen molar-refractivity contribution in [3.05, 3.63) is 53.9 Å². The SMILES string of the molecule is Cc1ccc(C(=O)N2CCN(S(=O)(=O)c3ccc(OC(F)F)cc3)CC2)cn1. The van der Waals surface area contributed by atoms with Crippen LogP contribution in [0, 0.1) is 6.92 Å². The van der Waals surface area contributed by atoms with Crippen molar-refractivity contribution in [2.24, 2.45) is 0 Å². The second kappa shape index (κ2) is 8.19. The van der Waals surface area contributed by atoms with Gasteiger partial charge in [0.05, 0.1) is 10.5 Å². The van der Waals surface area contributed by atoms with Crippen molar-refractivity contribution in [2.75, 3.05) is 26.2 Å². The summed E-state index contributed by atoms with van der Waals surface area (Å²) in [5.41, 5.74) is 1.26. The molecule has 10 heteroatoms. The van der Waals surface area contributed by atoms with Crippen molar-refractivity contribution >= 4 is 15.9 Å². The van der Waals surface area contributed by atoms with Gasteiger partial charge in [-0.05, 0) is 43.3 Å². The minimum absolute atomic E-state index is 0.0170. The Morgan fingerprint density at radius 2 is 1.71 bits per heavy atom. The molecule has 1 saturated heterocycles. The van der Waals surface area contributed by atoms with E-state index in [0.717, 1.165) is 5.69 Å². The first-order valence-corrected chi connectivity index (χ1v) is 9.98. The molecule has 0 bridgehead atoms. The number of rotatable bonds is 5. The summed E-state index contributed by atoms with van der Waals surface area (Å²) in [4.78, 5) is 18.2. The first-order chi connectivity index (χ1) is 13.3. The van der Waals surface area contributed by atoms with Crippen LogP contribution >= 0.6 is 0 Å². The number of sulfonamides is 1. The number of halogens is 2. The smallest absolute Gasteiger partial charge is 0.387 e. The van der Waals surface area contributed by atoms with E-state index in [1.165, 1.54) is 34.8 Å². The lowest BCUT2D eigenvalue weighted by atomic mass is 10.2. The van der Waals surface area contributed by atoms with E-state index < -0.39 is 16.6 Å². The Hall–Kier alpha value is -2.59. The molecule has 1 aliphatic rings. The summed E-state index contributed by atoms with van der Waals surface area (Å²) in [6, 6.07) is 8.25. The maximum absolute atomic E-state index is 12.7. The van der Waals surface area contributed by atoms with Crippen molar-refractivity contribution in [2.45, 2.75) is 18.4 Å². The van der Waals surface area contributed by atoms with Crippen molar-refractivity contribution in [1.29, 1.82) is 0 Å². The van der Waals surface area contributed by atoms with Crippen LogP contribution in [0.15, 0.2) is 47.5 Å². The van der Waals surface area contributed by atoms with Gasteiger partial charge in [-0.2, -0.15) is 13.1 Å². The van der Waals surface area contributed by atoms with Crippen LogP contribution in [0.3, 0.4) is 0 Å². The summed E-state index contributed by atoms with van der Waals surface area (Å²) >= 11 is 0. The zero-order valence-corrected chi connectivity index (χ0v) is 15.9. The van der Waals surface area contributed by atoms with Gasteiger partial charge in [-0.3, -0.25) is 9.78 Å². The summed E-state index contributed by atoms with van der Waals surface area (Å²) in [5, 5.41) is 0. The number of hydrogen-bond donors (Lipinski definition) is 0. The second-order valence-electron chi connectivity index (χ2n) is 6.23. The van der Waals surface area contributed by atoms with E-state index in [-0.39, 0.29) is 42.7 Å². The Bertz CT molecular complexity index is 926. The molecule has 28 heavy (non-hydrogen) atoms. The molecule has 2 aromatic rings. The summed E-state index contributed by atoms with van der Waals surface area (Å²) in [6.07, 6.45) is 1.50. The standard InChI is InChI=1S/C18H19F2N3O4S/c1-13-2-3-14(12-21-13)17(24)22-8-10-23(11-9-22)28(25,26)16-6-4-15(5-7-16)27-18(19)20/h2-7,12,18H,8-11H2,1H3. The zero-order chi connectivity index (χ0) is 20.3. The zero-order valence-electron chi connectivity index (χ0n) is 15.1. The normalized spacial score (nSPS) is 15.6. The number of nitrogens with zero attached hydrogens (tertiary/aromatic N) is 3. The molecule has 1 amide bonds. The highest BCUT2D eigenvalue weighted by molar-refractivity contribution is 7.89. The third kappa shape index (κ3) is 4.45. The van der Waals surface area contributed by atoms with Gasteiger partial charge in [-0.15, -0.1) is 0 Å². The average molecular weight is 411 g/mol. The third-order valence-electron chi connectivity index (χ3n) is 4.37. The highest BCUT2D eigenvalue weighted by atomic mass is 32.2. The molecular weight excluding hydrogens is 392 g/mol. The second-order valence-corrected chi connectivity index (χ2v) is 8.17. The molecule has 0 unspecified atom stereocenters. The fourth-order valence-corrected chi connectivity index (χ4v) is 4.27.